The highest BCUT2D eigenvalue weighted by Gasteiger charge is 2.09. The van der Waals surface area contributed by atoms with Crippen LogP contribution in [0.15, 0.2) is 42.5 Å². The first-order valence-corrected chi connectivity index (χ1v) is 7.33. The Bertz CT molecular complexity index is 665. The number of ether oxygens (including phenoxy) is 3. The molecule has 1 N–H and O–H groups in total. The molecular weight excluding hydrogens is 294 g/mol. The maximum atomic E-state index is 12.3. The normalized spacial score (nSPS) is 10.3. The number of rotatable bonds is 6. The molecule has 5 nitrogen and oxygen atoms in total. The van der Waals surface area contributed by atoms with E-state index in [2.05, 4.69) is 5.32 Å². The van der Waals surface area contributed by atoms with Crippen LogP contribution >= 0.6 is 0 Å². The van der Waals surface area contributed by atoms with E-state index in [1.165, 1.54) is 0 Å². The first-order chi connectivity index (χ1) is 11.0. The van der Waals surface area contributed by atoms with Crippen molar-refractivity contribution in [1.29, 1.82) is 0 Å². The van der Waals surface area contributed by atoms with E-state index >= 15 is 0 Å². The van der Waals surface area contributed by atoms with Crippen LogP contribution in [0.4, 0.5) is 5.69 Å². The van der Waals surface area contributed by atoms with Crippen molar-refractivity contribution in [3.8, 4) is 17.2 Å². The largest absolute Gasteiger partial charge is 0.493 e. The molecular formula is C18H21NO4. The fourth-order valence-corrected chi connectivity index (χ4v) is 2.07. The number of benzene rings is 2. The molecule has 0 aromatic heterocycles. The quantitative estimate of drug-likeness (QED) is 0.882. The van der Waals surface area contributed by atoms with Gasteiger partial charge in [0.25, 0.3) is 5.91 Å². The number of hydrogen-bond acceptors (Lipinski definition) is 4. The third kappa shape index (κ3) is 4.39. The topological polar surface area (TPSA) is 56.8 Å². The van der Waals surface area contributed by atoms with Crippen LogP contribution in [-0.2, 0) is 0 Å². The molecule has 1 amide bonds. The van der Waals surface area contributed by atoms with Gasteiger partial charge in [-0.2, -0.15) is 0 Å². The highest BCUT2D eigenvalue weighted by Crippen LogP contribution is 2.30. The van der Waals surface area contributed by atoms with Gasteiger partial charge < -0.3 is 19.5 Å². The van der Waals surface area contributed by atoms with Gasteiger partial charge in [-0.3, -0.25) is 4.79 Å². The number of carbonyl (C=O) groups excluding carboxylic acids is 1. The van der Waals surface area contributed by atoms with Gasteiger partial charge in [0.2, 0.25) is 0 Å². The minimum atomic E-state index is -0.201. The van der Waals surface area contributed by atoms with Crippen LogP contribution in [0, 0.1) is 0 Å². The minimum Gasteiger partial charge on any atom is -0.493 e. The van der Waals surface area contributed by atoms with Crippen molar-refractivity contribution in [3.63, 3.8) is 0 Å². The maximum absolute atomic E-state index is 12.3. The molecule has 0 spiro atoms. The molecule has 0 bridgehead atoms. The molecule has 0 unspecified atom stereocenters. The number of nitrogens with one attached hydrogen (secondary N) is 1. The third-order valence-corrected chi connectivity index (χ3v) is 3.13. The van der Waals surface area contributed by atoms with Crippen molar-refractivity contribution >= 4 is 11.6 Å². The Labute approximate surface area is 136 Å². The van der Waals surface area contributed by atoms with E-state index in [1.807, 2.05) is 13.8 Å². The average Bonchev–Trinajstić information content (AvgIpc) is 2.54. The number of methoxy groups -OCH3 is 2. The summed E-state index contributed by atoms with van der Waals surface area (Å²) in [7, 11) is 3.12. The number of anilines is 1. The van der Waals surface area contributed by atoms with E-state index in [9.17, 15) is 4.79 Å². The number of hydrogen-bond donors (Lipinski definition) is 1. The lowest BCUT2D eigenvalue weighted by Gasteiger charge is -2.12. The Morgan fingerprint density at radius 2 is 1.61 bits per heavy atom. The monoisotopic (exact) mass is 315 g/mol. The molecule has 2 rings (SSSR count). The van der Waals surface area contributed by atoms with Crippen LogP contribution in [0.3, 0.4) is 0 Å². The summed E-state index contributed by atoms with van der Waals surface area (Å²) < 4.78 is 16.0. The fourth-order valence-electron chi connectivity index (χ4n) is 2.07. The van der Waals surface area contributed by atoms with Crippen molar-refractivity contribution < 1.29 is 19.0 Å². The number of carbonyl (C=O) groups is 1. The smallest absolute Gasteiger partial charge is 0.255 e. The molecule has 0 saturated heterocycles. The Balaban J connectivity index is 2.09. The lowest BCUT2D eigenvalue weighted by molar-refractivity contribution is 0.102. The van der Waals surface area contributed by atoms with E-state index in [-0.39, 0.29) is 12.0 Å². The van der Waals surface area contributed by atoms with Gasteiger partial charge in [-0.1, -0.05) is 0 Å². The molecule has 0 aliphatic heterocycles. The highest BCUT2D eigenvalue weighted by atomic mass is 16.5. The summed E-state index contributed by atoms with van der Waals surface area (Å²) in [6, 6.07) is 12.2. The van der Waals surface area contributed by atoms with Gasteiger partial charge in [-0.05, 0) is 50.2 Å². The van der Waals surface area contributed by atoms with Gasteiger partial charge in [0.05, 0.1) is 20.3 Å². The van der Waals surface area contributed by atoms with Gasteiger partial charge in [-0.25, -0.2) is 0 Å². The second kappa shape index (κ2) is 7.54. The van der Waals surface area contributed by atoms with Crippen LogP contribution < -0.4 is 19.5 Å². The first kappa shape index (κ1) is 16.7. The average molecular weight is 315 g/mol. The molecule has 5 heteroatoms. The Morgan fingerprint density at radius 3 is 2.17 bits per heavy atom. The molecule has 2 aromatic carbocycles. The lowest BCUT2D eigenvalue weighted by Crippen LogP contribution is -2.12. The SMILES string of the molecule is COc1ccc(NC(=O)c2ccc(OC(C)C)cc2)cc1OC. The summed E-state index contributed by atoms with van der Waals surface area (Å²) in [4.78, 5) is 12.3. The summed E-state index contributed by atoms with van der Waals surface area (Å²) in [6.07, 6.45) is 0.0986. The molecule has 0 fully saturated rings. The van der Waals surface area contributed by atoms with Gasteiger partial charge in [0.15, 0.2) is 11.5 Å². The molecule has 0 aliphatic carbocycles. The molecule has 0 radical (unpaired) electrons. The van der Waals surface area contributed by atoms with Gasteiger partial charge >= 0.3 is 0 Å². The van der Waals surface area contributed by atoms with Crippen molar-refractivity contribution in [2.24, 2.45) is 0 Å². The predicted octanol–water partition coefficient (Wildman–Crippen LogP) is 3.74. The Hall–Kier alpha value is -2.69. The zero-order valence-corrected chi connectivity index (χ0v) is 13.8. The van der Waals surface area contributed by atoms with Gasteiger partial charge in [0.1, 0.15) is 5.75 Å². The summed E-state index contributed by atoms with van der Waals surface area (Å²) in [6.45, 7) is 3.91. The minimum absolute atomic E-state index is 0.0986. The van der Waals surface area contributed by atoms with E-state index in [0.717, 1.165) is 5.75 Å². The van der Waals surface area contributed by atoms with Gasteiger partial charge in [0, 0.05) is 17.3 Å². The standard InChI is InChI=1S/C18H21NO4/c1-12(2)23-15-8-5-13(6-9-15)18(20)19-14-7-10-16(21-3)17(11-14)22-4/h5-12H,1-4H3,(H,19,20). The van der Waals surface area contributed by atoms with Crippen LogP contribution in [0.1, 0.15) is 24.2 Å². The van der Waals surface area contributed by atoms with E-state index < -0.39 is 0 Å². The zero-order valence-electron chi connectivity index (χ0n) is 13.8. The van der Waals surface area contributed by atoms with Gasteiger partial charge in [-0.15, -0.1) is 0 Å². The zero-order chi connectivity index (χ0) is 16.8. The summed E-state index contributed by atoms with van der Waals surface area (Å²) in [5.74, 6) is 1.71. The predicted molar refractivity (Wildman–Crippen MR) is 89.7 cm³/mol. The van der Waals surface area contributed by atoms with Crippen molar-refractivity contribution in [2.45, 2.75) is 20.0 Å². The Morgan fingerprint density at radius 1 is 0.957 bits per heavy atom. The first-order valence-electron chi connectivity index (χ1n) is 7.33. The fraction of sp³-hybridized carbons (Fsp3) is 0.278. The van der Waals surface area contributed by atoms with E-state index in [0.29, 0.717) is 22.7 Å². The molecule has 23 heavy (non-hydrogen) atoms. The summed E-state index contributed by atoms with van der Waals surface area (Å²) in [5, 5.41) is 2.83. The molecule has 2 aromatic rings. The third-order valence-electron chi connectivity index (χ3n) is 3.13. The lowest BCUT2D eigenvalue weighted by atomic mass is 10.2. The number of amides is 1. The summed E-state index contributed by atoms with van der Waals surface area (Å²) in [5.41, 5.74) is 1.19. The van der Waals surface area contributed by atoms with E-state index in [1.54, 1.807) is 56.7 Å². The van der Waals surface area contributed by atoms with Crippen LogP contribution in [0.25, 0.3) is 0 Å². The van der Waals surface area contributed by atoms with Crippen LogP contribution in [-0.4, -0.2) is 26.2 Å². The van der Waals surface area contributed by atoms with Crippen molar-refractivity contribution in [1.82, 2.24) is 0 Å². The summed E-state index contributed by atoms with van der Waals surface area (Å²) >= 11 is 0. The van der Waals surface area contributed by atoms with Crippen LogP contribution in [0.5, 0.6) is 17.2 Å². The highest BCUT2D eigenvalue weighted by molar-refractivity contribution is 6.04. The van der Waals surface area contributed by atoms with E-state index in [4.69, 9.17) is 14.2 Å². The molecule has 0 aliphatic rings. The molecule has 0 saturated carbocycles. The van der Waals surface area contributed by atoms with Crippen molar-refractivity contribution in [3.05, 3.63) is 48.0 Å². The maximum Gasteiger partial charge on any atom is 0.255 e. The Kier molecular flexibility index (Phi) is 5.46. The molecule has 0 atom stereocenters. The molecule has 122 valence electrons. The second-order valence-corrected chi connectivity index (χ2v) is 5.21. The van der Waals surface area contributed by atoms with Crippen molar-refractivity contribution in [2.75, 3.05) is 19.5 Å². The van der Waals surface area contributed by atoms with Crippen LogP contribution in [0.2, 0.25) is 0 Å². The second-order valence-electron chi connectivity index (χ2n) is 5.21. The molecule has 0 heterocycles.